The summed E-state index contributed by atoms with van der Waals surface area (Å²) < 4.78 is 26.5. The Morgan fingerprint density at radius 3 is 2.41 bits per heavy atom. The van der Waals surface area contributed by atoms with Gasteiger partial charge >= 0.3 is 5.97 Å². The minimum Gasteiger partial charge on any atom is -0.493 e. The Morgan fingerprint density at radius 2 is 1.73 bits per heavy atom. The molecule has 0 saturated heterocycles. The molecule has 4 aromatic rings. The van der Waals surface area contributed by atoms with E-state index in [0.717, 1.165) is 20.1 Å². The van der Waals surface area contributed by atoms with Crippen molar-refractivity contribution >= 4 is 55.2 Å². The monoisotopic (exact) mass is 740 g/mol. The normalized spacial score (nSPS) is 14.6. The number of halogens is 2. The van der Waals surface area contributed by atoms with Crippen molar-refractivity contribution in [3.8, 4) is 17.2 Å². The quantitative estimate of drug-likeness (QED) is 0.177. The lowest BCUT2D eigenvalue weighted by Gasteiger charge is -2.25. The molecule has 11 heteroatoms. The molecular weight excluding hydrogens is 712 g/mol. The van der Waals surface area contributed by atoms with E-state index in [1.807, 2.05) is 61.5 Å². The molecule has 0 fully saturated rings. The molecule has 8 nitrogen and oxygen atoms in total. The highest BCUT2D eigenvalue weighted by Gasteiger charge is 2.34. The zero-order valence-electron chi connectivity index (χ0n) is 24.6. The number of fused-ring (bicyclic) bond motifs is 1. The van der Waals surface area contributed by atoms with Crippen LogP contribution in [0.3, 0.4) is 0 Å². The van der Waals surface area contributed by atoms with Gasteiger partial charge in [0.2, 0.25) is 0 Å². The first-order valence-corrected chi connectivity index (χ1v) is 16.3. The maximum Gasteiger partial charge on any atom is 0.338 e. The summed E-state index contributed by atoms with van der Waals surface area (Å²) in [5.41, 5.74) is 3.04. The van der Waals surface area contributed by atoms with Gasteiger partial charge in [0.1, 0.15) is 12.4 Å². The van der Waals surface area contributed by atoms with Crippen LogP contribution in [0.25, 0.3) is 6.08 Å². The van der Waals surface area contributed by atoms with E-state index in [-0.39, 0.29) is 12.2 Å². The van der Waals surface area contributed by atoms with Crippen LogP contribution in [0.2, 0.25) is 0 Å². The lowest BCUT2D eigenvalue weighted by Crippen LogP contribution is -2.40. The van der Waals surface area contributed by atoms with Crippen LogP contribution in [0.1, 0.15) is 43.5 Å². The van der Waals surface area contributed by atoms with Gasteiger partial charge in [-0.1, -0.05) is 51.5 Å². The van der Waals surface area contributed by atoms with E-state index >= 15 is 0 Å². The van der Waals surface area contributed by atoms with Gasteiger partial charge in [0.05, 0.1) is 46.6 Å². The number of carbonyl (C=O) groups excluding carboxylic acids is 1. The first-order chi connectivity index (χ1) is 21.2. The number of allylic oxidation sites excluding steroid dienone is 1. The second-order valence-electron chi connectivity index (χ2n) is 9.75. The molecule has 0 radical (unpaired) electrons. The van der Waals surface area contributed by atoms with Crippen LogP contribution in [0, 0.1) is 0 Å². The third-order valence-corrected chi connectivity index (χ3v) is 9.01. The van der Waals surface area contributed by atoms with E-state index < -0.39 is 12.0 Å². The molecule has 1 atom stereocenters. The number of methoxy groups -OCH3 is 1. The number of nitrogens with zero attached hydrogens (tertiary/aromatic N) is 2. The van der Waals surface area contributed by atoms with Gasteiger partial charge in [-0.25, -0.2) is 9.79 Å². The molecule has 1 aliphatic rings. The van der Waals surface area contributed by atoms with Crippen LogP contribution >= 0.6 is 43.2 Å². The summed E-state index contributed by atoms with van der Waals surface area (Å²) in [7, 11) is 1.56. The highest BCUT2D eigenvalue weighted by molar-refractivity contribution is 9.10. The minimum absolute atomic E-state index is 0.192. The standard InChI is InChI=1S/C33H30Br2N2O6S/c1-5-41-27-17-22(10-14-26(27)40-4)30-29(32(39)42-6-2)19(3)36-33-37(30)31(38)28(44-33)16-21-9-13-25(24(35)15-21)43-18-20-7-11-23(34)12-8-20/h7-17,30H,5-6,18H2,1-4H3/b28-16-/t30-/m1/s1. The Labute approximate surface area is 275 Å². The van der Waals surface area contributed by atoms with E-state index in [9.17, 15) is 9.59 Å². The van der Waals surface area contributed by atoms with Crippen molar-refractivity contribution in [1.29, 1.82) is 0 Å². The lowest BCUT2D eigenvalue weighted by molar-refractivity contribution is -0.139. The SMILES string of the molecule is CCOC(=O)C1=C(C)N=c2s/c(=C\c3ccc(OCc4ccc(Br)cc4)c(Br)c3)c(=O)n2[C@@H]1c1ccc(OC)c(OCC)c1. The molecule has 44 heavy (non-hydrogen) atoms. The highest BCUT2D eigenvalue weighted by atomic mass is 79.9. The van der Waals surface area contributed by atoms with Gasteiger partial charge < -0.3 is 18.9 Å². The Morgan fingerprint density at radius 1 is 0.977 bits per heavy atom. The Balaban J connectivity index is 1.55. The van der Waals surface area contributed by atoms with Crippen LogP contribution in [0.4, 0.5) is 0 Å². The van der Waals surface area contributed by atoms with Gasteiger partial charge in [-0.15, -0.1) is 0 Å². The van der Waals surface area contributed by atoms with Crippen molar-refractivity contribution in [3.05, 3.63) is 117 Å². The van der Waals surface area contributed by atoms with E-state index in [4.69, 9.17) is 18.9 Å². The van der Waals surface area contributed by atoms with Crippen LogP contribution in [0.5, 0.6) is 17.2 Å². The fourth-order valence-corrected chi connectivity index (χ4v) is 6.68. The number of carbonyl (C=O) groups is 1. The molecule has 3 aromatic carbocycles. The molecule has 0 bridgehead atoms. The zero-order valence-corrected chi connectivity index (χ0v) is 28.5. The topological polar surface area (TPSA) is 88.4 Å². The fraction of sp³-hybridized carbons (Fsp3) is 0.242. The van der Waals surface area contributed by atoms with Crippen molar-refractivity contribution in [2.75, 3.05) is 20.3 Å². The number of hydrogen-bond donors (Lipinski definition) is 0. The zero-order chi connectivity index (χ0) is 31.4. The number of esters is 1. The van der Waals surface area contributed by atoms with Crippen molar-refractivity contribution in [2.45, 2.75) is 33.4 Å². The van der Waals surface area contributed by atoms with Crippen LogP contribution in [-0.4, -0.2) is 30.9 Å². The van der Waals surface area contributed by atoms with Crippen LogP contribution in [-0.2, 0) is 16.1 Å². The van der Waals surface area contributed by atoms with Crippen molar-refractivity contribution in [3.63, 3.8) is 0 Å². The Bertz CT molecular complexity index is 1910. The molecule has 0 unspecified atom stereocenters. The second kappa shape index (κ2) is 14.0. The third-order valence-electron chi connectivity index (χ3n) is 6.88. The highest BCUT2D eigenvalue weighted by Crippen LogP contribution is 2.36. The predicted octanol–water partition coefficient (Wildman–Crippen LogP) is 6.31. The van der Waals surface area contributed by atoms with E-state index in [1.54, 1.807) is 37.7 Å². The molecule has 0 amide bonds. The largest absolute Gasteiger partial charge is 0.493 e. The van der Waals surface area contributed by atoms with Crippen molar-refractivity contribution < 1.29 is 23.7 Å². The molecule has 0 spiro atoms. The Hall–Kier alpha value is -3.67. The second-order valence-corrected chi connectivity index (χ2v) is 12.5. The van der Waals surface area contributed by atoms with Gasteiger partial charge in [-0.3, -0.25) is 9.36 Å². The van der Waals surface area contributed by atoms with Crippen LogP contribution < -0.4 is 29.1 Å². The fourth-order valence-electron chi connectivity index (χ4n) is 4.86. The third kappa shape index (κ3) is 6.69. The summed E-state index contributed by atoms with van der Waals surface area (Å²) in [6, 6.07) is 18.2. The maximum absolute atomic E-state index is 14.0. The summed E-state index contributed by atoms with van der Waals surface area (Å²) in [5, 5.41) is 0. The number of benzene rings is 3. The number of rotatable bonds is 10. The smallest absolute Gasteiger partial charge is 0.338 e. The van der Waals surface area contributed by atoms with Gasteiger partial charge in [0.15, 0.2) is 16.3 Å². The van der Waals surface area contributed by atoms with Crippen LogP contribution in [0.15, 0.2) is 90.7 Å². The minimum atomic E-state index is -0.765. The van der Waals surface area contributed by atoms with E-state index in [1.165, 1.54) is 11.3 Å². The first-order valence-electron chi connectivity index (χ1n) is 13.9. The van der Waals surface area contributed by atoms with Crippen molar-refractivity contribution in [2.24, 2.45) is 4.99 Å². The molecule has 0 aliphatic carbocycles. The van der Waals surface area contributed by atoms with E-state index in [2.05, 4.69) is 36.9 Å². The van der Waals surface area contributed by atoms with Crippen molar-refractivity contribution in [1.82, 2.24) is 4.57 Å². The maximum atomic E-state index is 14.0. The summed E-state index contributed by atoms with van der Waals surface area (Å²) in [5.74, 6) is 1.23. The number of thiazole rings is 1. The summed E-state index contributed by atoms with van der Waals surface area (Å²) in [6.45, 7) is 6.41. The first kappa shape index (κ1) is 31.7. The molecule has 5 rings (SSSR count). The van der Waals surface area contributed by atoms with Gasteiger partial charge in [-0.05, 0) is 95.9 Å². The Kier molecular flexibility index (Phi) is 10.1. The molecule has 0 N–H and O–H groups in total. The summed E-state index contributed by atoms with van der Waals surface area (Å²) >= 11 is 8.32. The van der Waals surface area contributed by atoms with Gasteiger partial charge in [0.25, 0.3) is 5.56 Å². The van der Waals surface area contributed by atoms with E-state index in [0.29, 0.717) is 56.6 Å². The average Bonchev–Trinajstić information content (AvgIpc) is 3.30. The number of aromatic nitrogens is 1. The van der Waals surface area contributed by atoms with Gasteiger partial charge in [-0.2, -0.15) is 0 Å². The molecule has 2 heterocycles. The molecule has 0 saturated carbocycles. The molecular formula is C33H30Br2N2O6S. The summed E-state index contributed by atoms with van der Waals surface area (Å²) in [4.78, 5) is 32.4. The number of ether oxygens (including phenoxy) is 4. The number of hydrogen-bond acceptors (Lipinski definition) is 8. The summed E-state index contributed by atoms with van der Waals surface area (Å²) in [6.07, 6.45) is 1.81. The molecule has 228 valence electrons. The molecule has 1 aromatic heterocycles. The lowest BCUT2D eigenvalue weighted by atomic mass is 9.95. The predicted molar refractivity (Wildman–Crippen MR) is 177 cm³/mol. The van der Waals surface area contributed by atoms with Gasteiger partial charge in [0, 0.05) is 4.47 Å². The average molecular weight is 742 g/mol. The molecule has 1 aliphatic heterocycles.